The van der Waals surface area contributed by atoms with Gasteiger partial charge in [0.2, 0.25) is 0 Å². The zero-order chi connectivity index (χ0) is 15.7. The molecule has 0 bridgehead atoms. The van der Waals surface area contributed by atoms with Crippen LogP contribution in [0, 0.1) is 13.8 Å². The summed E-state index contributed by atoms with van der Waals surface area (Å²) in [5.41, 5.74) is 5.84. The summed E-state index contributed by atoms with van der Waals surface area (Å²) in [4.78, 5) is 3.00. The molecule has 22 heavy (non-hydrogen) atoms. The van der Waals surface area contributed by atoms with Gasteiger partial charge < -0.3 is 0 Å². The van der Waals surface area contributed by atoms with Gasteiger partial charge in [-0.15, -0.1) is 23.5 Å². The van der Waals surface area contributed by atoms with Gasteiger partial charge in [0.1, 0.15) is 0 Å². The lowest BCUT2D eigenvalue weighted by atomic mass is 10.0. The Morgan fingerprint density at radius 1 is 0.909 bits per heavy atom. The SMILES string of the molecule is Cc1ccc2c(c1)SC(C)C2.Cc1ccc2c(c1)SCC2C. The standard InChI is InChI=1S/2C10H12S/c1-7-3-4-9-8(2)6-11-10(9)5-7;1-7-3-4-9-6-8(2)11-10(9)5-7/h2*3-5,8H,6H2,1-2H3. The Morgan fingerprint density at radius 2 is 1.59 bits per heavy atom. The van der Waals surface area contributed by atoms with Gasteiger partial charge in [0.25, 0.3) is 0 Å². The van der Waals surface area contributed by atoms with Crippen molar-refractivity contribution in [1.82, 2.24) is 0 Å². The fourth-order valence-electron chi connectivity index (χ4n) is 2.99. The van der Waals surface area contributed by atoms with E-state index in [4.69, 9.17) is 0 Å². The van der Waals surface area contributed by atoms with Crippen LogP contribution in [-0.4, -0.2) is 11.0 Å². The molecule has 2 heteroatoms. The molecule has 116 valence electrons. The van der Waals surface area contributed by atoms with Crippen molar-refractivity contribution in [3.05, 3.63) is 58.7 Å². The molecule has 0 amide bonds. The van der Waals surface area contributed by atoms with Crippen LogP contribution in [0.3, 0.4) is 0 Å². The van der Waals surface area contributed by atoms with Crippen LogP contribution in [0.5, 0.6) is 0 Å². The molecule has 2 unspecified atom stereocenters. The summed E-state index contributed by atoms with van der Waals surface area (Å²) in [6.07, 6.45) is 1.25. The Bertz CT molecular complexity index is 675. The quantitative estimate of drug-likeness (QED) is 0.561. The summed E-state index contributed by atoms with van der Waals surface area (Å²) in [6.45, 7) is 8.90. The van der Waals surface area contributed by atoms with Crippen LogP contribution in [0.25, 0.3) is 0 Å². The van der Waals surface area contributed by atoms with E-state index in [0.29, 0.717) is 0 Å². The molecule has 0 saturated carbocycles. The van der Waals surface area contributed by atoms with Gasteiger partial charge in [-0.3, -0.25) is 0 Å². The van der Waals surface area contributed by atoms with Crippen molar-refractivity contribution in [2.75, 3.05) is 5.75 Å². The molecule has 2 heterocycles. The maximum atomic E-state index is 2.30. The Labute approximate surface area is 143 Å². The maximum absolute atomic E-state index is 2.30. The molecule has 2 aromatic rings. The second-order valence-electron chi connectivity index (χ2n) is 6.50. The topological polar surface area (TPSA) is 0 Å². The molecule has 0 spiro atoms. The molecular weight excluding hydrogens is 304 g/mol. The van der Waals surface area contributed by atoms with Crippen molar-refractivity contribution < 1.29 is 0 Å². The molecule has 0 nitrogen and oxygen atoms in total. The average Bonchev–Trinajstić information content (AvgIpc) is 3.01. The predicted octanol–water partition coefficient (Wildman–Crippen LogP) is 6.24. The zero-order valence-corrected chi connectivity index (χ0v) is 15.5. The van der Waals surface area contributed by atoms with E-state index in [1.807, 2.05) is 23.5 Å². The highest BCUT2D eigenvalue weighted by atomic mass is 32.2. The smallest absolute Gasteiger partial charge is 0.0110 e. The first-order valence-corrected chi connectivity index (χ1v) is 9.89. The number of benzene rings is 2. The Kier molecular flexibility index (Phi) is 4.89. The van der Waals surface area contributed by atoms with E-state index in [0.717, 1.165) is 11.2 Å². The molecular formula is C20H24S2. The van der Waals surface area contributed by atoms with Crippen LogP contribution >= 0.6 is 23.5 Å². The monoisotopic (exact) mass is 328 g/mol. The summed E-state index contributed by atoms with van der Waals surface area (Å²) < 4.78 is 0. The van der Waals surface area contributed by atoms with Gasteiger partial charge in [0.15, 0.2) is 0 Å². The first-order valence-electron chi connectivity index (χ1n) is 8.02. The van der Waals surface area contributed by atoms with Crippen molar-refractivity contribution >= 4 is 23.5 Å². The minimum Gasteiger partial charge on any atom is -0.125 e. The van der Waals surface area contributed by atoms with Crippen LogP contribution in [0.4, 0.5) is 0 Å². The number of thioether (sulfide) groups is 2. The van der Waals surface area contributed by atoms with Gasteiger partial charge >= 0.3 is 0 Å². The summed E-state index contributed by atoms with van der Waals surface area (Å²) in [6, 6.07) is 13.5. The third-order valence-corrected chi connectivity index (χ3v) is 6.78. The van der Waals surface area contributed by atoms with Crippen LogP contribution in [0.1, 0.15) is 42.0 Å². The van der Waals surface area contributed by atoms with Gasteiger partial charge in [-0.1, -0.05) is 49.2 Å². The van der Waals surface area contributed by atoms with Crippen molar-refractivity contribution in [2.24, 2.45) is 0 Å². The third kappa shape index (κ3) is 3.55. The largest absolute Gasteiger partial charge is 0.125 e. The number of hydrogen-bond donors (Lipinski definition) is 0. The Morgan fingerprint density at radius 3 is 2.36 bits per heavy atom. The third-order valence-electron chi connectivity index (χ3n) is 4.25. The minimum atomic E-state index is 0.760. The van der Waals surface area contributed by atoms with E-state index >= 15 is 0 Å². The normalized spacial score (nSPS) is 21.8. The molecule has 0 saturated heterocycles. The lowest BCUT2D eigenvalue weighted by molar-refractivity contribution is 0.881. The highest BCUT2D eigenvalue weighted by Crippen LogP contribution is 2.39. The van der Waals surface area contributed by atoms with Gasteiger partial charge in [0, 0.05) is 20.8 Å². The molecule has 2 aromatic carbocycles. The Hall–Kier alpha value is -0.860. The molecule has 0 aliphatic carbocycles. The van der Waals surface area contributed by atoms with Crippen molar-refractivity contribution in [2.45, 2.75) is 55.1 Å². The average molecular weight is 329 g/mol. The van der Waals surface area contributed by atoms with E-state index in [1.54, 1.807) is 5.56 Å². The zero-order valence-electron chi connectivity index (χ0n) is 13.8. The predicted molar refractivity (Wildman–Crippen MR) is 101 cm³/mol. The lowest BCUT2D eigenvalue weighted by Crippen LogP contribution is -1.90. The van der Waals surface area contributed by atoms with Gasteiger partial charge in [-0.2, -0.15) is 0 Å². The molecule has 2 aliphatic rings. The van der Waals surface area contributed by atoms with E-state index in [9.17, 15) is 0 Å². The van der Waals surface area contributed by atoms with Crippen LogP contribution in [0.2, 0.25) is 0 Å². The molecule has 0 fully saturated rings. The molecule has 0 aromatic heterocycles. The maximum Gasteiger partial charge on any atom is 0.0110 e. The lowest BCUT2D eigenvalue weighted by Gasteiger charge is -2.02. The van der Waals surface area contributed by atoms with Crippen molar-refractivity contribution in [1.29, 1.82) is 0 Å². The van der Waals surface area contributed by atoms with E-state index < -0.39 is 0 Å². The van der Waals surface area contributed by atoms with Gasteiger partial charge in [0.05, 0.1) is 0 Å². The highest BCUT2D eigenvalue weighted by Gasteiger charge is 2.18. The number of fused-ring (bicyclic) bond motifs is 2. The van der Waals surface area contributed by atoms with Gasteiger partial charge in [-0.25, -0.2) is 0 Å². The summed E-state index contributed by atoms with van der Waals surface area (Å²) in [5, 5.41) is 0.784. The number of hydrogen-bond acceptors (Lipinski definition) is 2. The van der Waals surface area contributed by atoms with Crippen LogP contribution in [0.15, 0.2) is 46.2 Å². The molecule has 2 aliphatic heterocycles. The van der Waals surface area contributed by atoms with E-state index in [2.05, 4.69) is 64.1 Å². The van der Waals surface area contributed by atoms with Crippen molar-refractivity contribution in [3.8, 4) is 0 Å². The summed E-state index contributed by atoms with van der Waals surface area (Å²) >= 11 is 4.00. The summed E-state index contributed by atoms with van der Waals surface area (Å²) in [7, 11) is 0. The molecule has 4 rings (SSSR count). The summed E-state index contributed by atoms with van der Waals surface area (Å²) in [5.74, 6) is 2.02. The molecule has 0 N–H and O–H groups in total. The number of rotatable bonds is 0. The second kappa shape index (κ2) is 6.72. The molecule has 0 radical (unpaired) electrons. The van der Waals surface area contributed by atoms with Crippen LogP contribution in [-0.2, 0) is 6.42 Å². The minimum absolute atomic E-state index is 0.760. The van der Waals surface area contributed by atoms with Crippen LogP contribution < -0.4 is 0 Å². The van der Waals surface area contributed by atoms with E-state index in [-0.39, 0.29) is 0 Å². The van der Waals surface area contributed by atoms with Gasteiger partial charge in [-0.05, 0) is 49.4 Å². The first-order chi connectivity index (χ1) is 10.5. The first kappa shape index (κ1) is 16.0. The van der Waals surface area contributed by atoms with E-state index in [1.165, 1.54) is 38.7 Å². The second-order valence-corrected chi connectivity index (χ2v) is 9.04. The fraction of sp³-hybridized carbons (Fsp3) is 0.400. The molecule has 2 atom stereocenters. The number of aryl methyl sites for hydroxylation is 2. The van der Waals surface area contributed by atoms with Crippen molar-refractivity contribution in [3.63, 3.8) is 0 Å². The fourth-order valence-corrected chi connectivity index (χ4v) is 5.55. The Balaban J connectivity index is 0.000000131. The highest BCUT2D eigenvalue weighted by molar-refractivity contribution is 8.00.